The van der Waals surface area contributed by atoms with Gasteiger partial charge in [0, 0.05) is 37.9 Å². The van der Waals surface area contributed by atoms with Gasteiger partial charge in [0.15, 0.2) is 0 Å². The van der Waals surface area contributed by atoms with Crippen LogP contribution in [0.5, 0.6) is 5.75 Å². The summed E-state index contributed by atoms with van der Waals surface area (Å²) in [5.74, 6) is 2.65. The zero-order valence-corrected chi connectivity index (χ0v) is 33.7. The molecule has 0 radical (unpaired) electrons. The van der Waals surface area contributed by atoms with E-state index in [4.69, 9.17) is 24.1 Å². The third-order valence-electron chi connectivity index (χ3n) is 7.59. The minimum atomic E-state index is -0.377. The van der Waals surface area contributed by atoms with Gasteiger partial charge in [0.2, 0.25) is 0 Å². The van der Waals surface area contributed by atoms with Gasteiger partial charge >= 0.3 is 11.9 Å². The summed E-state index contributed by atoms with van der Waals surface area (Å²) in [7, 11) is 0.663. The average molecular weight is 727 g/mol. The molecule has 0 bridgehead atoms. The largest absolute Gasteiger partial charge is 0.499 e. The minimum Gasteiger partial charge on any atom is -0.499 e. The Labute approximate surface area is 311 Å². The van der Waals surface area contributed by atoms with E-state index in [1.165, 1.54) is 30.1 Å². The molecule has 1 aromatic rings. The lowest BCUT2D eigenvalue weighted by molar-refractivity contribution is -0.140. The van der Waals surface area contributed by atoms with Crippen LogP contribution in [0.2, 0.25) is 0 Å². The molecule has 3 rings (SSSR count). The fourth-order valence-electron chi connectivity index (χ4n) is 4.68. The third-order valence-corrected chi connectivity index (χ3v) is 8.92. The number of aliphatic hydroxyl groups excluding tert-OH is 1. The van der Waals surface area contributed by atoms with Crippen molar-refractivity contribution in [3.05, 3.63) is 96.2 Å². The first-order valence-electron chi connectivity index (χ1n) is 19.0. The van der Waals surface area contributed by atoms with Gasteiger partial charge in [0.05, 0.1) is 24.7 Å². The van der Waals surface area contributed by atoms with Crippen molar-refractivity contribution < 1.29 is 33.6 Å². The standard InChI is InChI=1S/C37H49O6P.C2H6O.2C2H6/c1-5-28(3)40-25-9-7-8-11-30-13-15-31(16-14-30)27-44-35-23-21-34(22-24-35)43-37(39)32-17-19-33(20-18-32)42-36(38)12-10-26-41-29(4)6-2;1-2-3;2*1-2/h13,15-17,19,21-24,30,44H,3-12,14,18,20,25-27H2,1-2H3;3H,2H2,1H3;2*1-2H3. The van der Waals surface area contributed by atoms with Crippen LogP contribution in [0.4, 0.5) is 0 Å². The van der Waals surface area contributed by atoms with Crippen LogP contribution in [0.25, 0.3) is 0 Å². The lowest BCUT2D eigenvalue weighted by atomic mass is 9.92. The quantitative estimate of drug-likeness (QED) is 0.0470. The number of carbonyl (C=O) groups is 2. The van der Waals surface area contributed by atoms with Crippen molar-refractivity contribution in [1.82, 2.24) is 0 Å². The van der Waals surface area contributed by atoms with Gasteiger partial charge in [0.1, 0.15) is 11.5 Å². The van der Waals surface area contributed by atoms with Gasteiger partial charge in [-0.1, -0.05) is 106 Å². The summed E-state index contributed by atoms with van der Waals surface area (Å²) >= 11 is 0. The number of aliphatic hydroxyl groups is 1. The van der Waals surface area contributed by atoms with Gasteiger partial charge in [-0.2, -0.15) is 0 Å². The van der Waals surface area contributed by atoms with Crippen LogP contribution >= 0.6 is 8.58 Å². The molecule has 0 fully saturated rings. The summed E-state index contributed by atoms with van der Waals surface area (Å²) in [5, 5.41) is 8.81. The van der Waals surface area contributed by atoms with E-state index in [1.54, 1.807) is 19.1 Å². The molecule has 0 heterocycles. The maximum absolute atomic E-state index is 12.7. The minimum absolute atomic E-state index is 0.250. The van der Waals surface area contributed by atoms with E-state index in [-0.39, 0.29) is 25.0 Å². The SMILES string of the molecule is C=C(CC)OCCCCCC1C=CC(CPc2ccc(OC(=O)C3=CC=C(OC(=O)CCCOC(=C)CC)CC3)cc2)=CC1.CC.CC.CCO. The molecule has 2 atom stereocenters. The summed E-state index contributed by atoms with van der Waals surface area (Å²) in [6.07, 6.45) is 20.7. The van der Waals surface area contributed by atoms with Crippen LogP contribution in [0.3, 0.4) is 0 Å². The molecule has 7 nitrogen and oxygen atoms in total. The molecule has 0 amide bonds. The summed E-state index contributed by atoms with van der Waals surface area (Å²) < 4.78 is 22.0. The van der Waals surface area contributed by atoms with Crippen LogP contribution in [0.15, 0.2) is 96.2 Å². The molecule has 2 aliphatic carbocycles. The zero-order chi connectivity index (χ0) is 38.3. The van der Waals surface area contributed by atoms with Gasteiger partial charge in [-0.25, -0.2) is 4.79 Å². The van der Waals surface area contributed by atoms with E-state index in [9.17, 15) is 9.59 Å². The molecule has 1 aromatic carbocycles. The fourth-order valence-corrected chi connectivity index (χ4v) is 5.75. The van der Waals surface area contributed by atoms with Crippen molar-refractivity contribution >= 4 is 25.8 Å². The second-order valence-corrected chi connectivity index (χ2v) is 12.7. The van der Waals surface area contributed by atoms with Gasteiger partial charge < -0.3 is 24.1 Å². The zero-order valence-electron chi connectivity index (χ0n) is 32.7. The second-order valence-electron chi connectivity index (χ2n) is 11.5. The first-order valence-corrected chi connectivity index (χ1v) is 20.2. The molecule has 8 heteroatoms. The number of rotatable bonds is 20. The van der Waals surface area contributed by atoms with Crippen LogP contribution in [-0.4, -0.2) is 43.0 Å². The molecule has 0 spiro atoms. The summed E-state index contributed by atoms with van der Waals surface area (Å²) in [6, 6.07) is 7.78. The summed E-state index contributed by atoms with van der Waals surface area (Å²) in [5.41, 5.74) is 1.96. The number of benzene rings is 1. The number of carbonyl (C=O) groups excluding carboxylic acids is 2. The second kappa shape index (κ2) is 31.3. The van der Waals surface area contributed by atoms with Crippen molar-refractivity contribution in [2.75, 3.05) is 26.0 Å². The van der Waals surface area contributed by atoms with Crippen molar-refractivity contribution in [2.45, 2.75) is 119 Å². The van der Waals surface area contributed by atoms with E-state index in [2.05, 4.69) is 38.3 Å². The number of unbranched alkanes of at least 4 members (excludes halogenated alkanes) is 2. The molecule has 0 aliphatic heterocycles. The molecule has 0 saturated carbocycles. The Morgan fingerprint density at radius 2 is 1.47 bits per heavy atom. The van der Waals surface area contributed by atoms with Crippen LogP contribution in [0.1, 0.15) is 119 Å². The van der Waals surface area contributed by atoms with Crippen LogP contribution in [-0.2, 0) is 23.8 Å². The number of allylic oxidation sites excluding steroid dienone is 9. The summed E-state index contributed by atoms with van der Waals surface area (Å²) in [6.45, 7) is 22.9. The molecule has 2 aliphatic rings. The van der Waals surface area contributed by atoms with Crippen molar-refractivity contribution in [2.24, 2.45) is 5.92 Å². The maximum Gasteiger partial charge on any atom is 0.339 e. The Bertz CT molecular complexity index is 1260. The Balaban J connectivity index is 0.00000333. The smallest absolute Gasteiger partial charge is 0.339 e. The van der Waals surface area contributed by atoms with E-state index in [0.29, 0.717) is 63.2 Å². The number of hydrogen-bond donors (Lipinski definition) is 1. The average Bonchev–Trinajstić information content (AvgIpc) is 3.17. The van der Waals surface area contributed by atoms with Gasteiger partial charge in [-0.3, -0.25) is 4.79 Å². The van der Waals surface area contributed by atoms with Crippen LogP contribution in [0, 0.1) is 5.92 Å². The van der Waals surface area contributed by atoms with Crippen molar-refractivity contribution in [3.8, 4) is 5.75 Å². The molecular weight excluding hydrogens is 659 g/mol. The third kappa shape index (κ3) is 22.9. The topological polar surface area (TPSA) is 91.3 Å². The Morgan fingerprint density at radius 3 is 2.02 bits per heavy atom. The van der Waals surface area contributed by atoms with Gasteiger partial charge in [-0.15, -0.1) is 0 Å². The summed E-state index contributed by atoms with van der Waals surface area (Å²) in [4.78, 5) is 24.7. The Morgan fingerprint density at radius 1 is 0.843 bits per heavy atom. The van der Waals surface area contributed by atoms with Gasteiger partial charge in [0.25, 0.3) is 0 Å². The Kier molecular flexibility index (Phi) is 29.2. The lowest BCUT2D eigenvalue weighted by Gasteiger charge is -2.16. The molecule has 0 saturated heterocycles. The lowest BCUT2D eigenvalue weighted by Crippen LogP contribution is -2.14. The van der Waals surface area contributed by atoms with E-state index in [0.717, 1.165) is 44.2 Å². The fraction of sp³-hybridized carbons (Fsp3) is 0.535. The Hall–Kier alpha value is -3.41. The highest BCUT2D eigenvalue weighted by atomic mass is 31.1. The number of esters is 2. The molecular formula is C43H67O7P. The first kappa shape index (κ1) is 47.6. The number of hydrogen-bond acceptors (Lipinski definition) is 7. The molecule has 1 N–H and O–H groups in total. The normalized spacial score (nSPS) is 14.5. The molecule has 0 aromatic heterocycles. The number of ether oxygens (including phenoxy) is 4. The van der Waals surface area contributed by atoms with Crippen LogP contribution < -0.4 is 10.0 Å². The highest BCUT2D eigenvalue weighted by Crippen LogP contribution is 2.27. The molecule has 2 unspecified atom stereocenters. The van der Waals surface area contributed by atoms with E-state index >= 15 is 0 Å². The molecule has 286 valence electrons. The van der Waals surface area contributed by atoms with Crippen molar-refractivity contribution in [1.29, 1.82) is 0 Å². The highest BCUT2D eigenvalue weighted by molar-refractivity contribution is 7.47. The van der Waals surface area contributed by atoms with E-state index in [1.807, 2.05) is 58.9 Å². The predicted molar refractivity (Wildman–Crippen MR) is 216 cm³/mol. The molecule has 51 heavy (non-hydrogen) atoms. The van der Waals surface area contributed by atoms with Gasteiger partial charge in [-0.05, 0) is 86.3 Å². The first-order chi connectivity index (χ1) is 24.8. The monoisotopic (exact) mass is 726 g/mol. The van der Waals surface area contributed by atoms with E-state index < -0.39 is 0 Å². The maximum atomic E-state index is 12.7. The van der Waals surface area contributed by atoms with Crippen molar-refractivity contribution in [3.63, 3.8) is 0 Å². The highest BCUT2D eigenvalue weighted by Gasteiger charge is 2.18. The predicted octanol–water partition coefficient (Wildman–Crippen LogP) is 10.8.